The molecule has 2 rings (SSSR count). The summed E-state index contributed by atoms with van der Waals surface area (Å²) in [4.78, 5) is 9.99. The van der Waals surface area contributed by atoms with Gasteiger partial charge in [-0.2, -0.15) is 0 Å². The molecule has 0 aromatic rings. The molecule has 2 aliphatic rings. The molecule has 2 N–H and O–H groups in total. The lowest BCUT2D eigenvalue weighted by Gasteiger charge is -2.38. The van der Waals surface area contributed by atoms with Crippen LogP contribution >= 0.6 is 24.0 Å². The Bertz CT molecular complexity index is 411. The minimum absolute atomic E-state index is 0. The standard InChI is InChI=1S/C20H41N5O2.HI/c1-4-18(5-2)19(25-11-15-27-16-12-25)17-23-20(21-6-3)22-7-8-24-9-13-26-14-10-24;/h18-19H,4-17H2,1-3H3,(H2,21,22,23);1H. The molecule has 2 heterocycles. The zero-order chi connectivity index (χ0) is 19.3. The van der Waals surface area contributed by atoms with E-state index in [4.69, 9.17) is 14.5 Å². The molecule has 8 heteroatoms. The van der Waals surface area contributed by atoms with Gasteiger partial charge in [-0.05, 0) is 12.8 Å². The summed E-state index contributed by atoms with van der Waals surface area (Å²) < 4.78 is 11.0. The Hall–Kier alpha value is -0.160. The van der Waals surface area contributed by atoms with Crippen LogP contribution in [0.15, 0.2) is 4.99 Å². The van der Waals surface area contributed by atoms with Gasteiger partial charge in [-0.3, -0.25) is 14.8 Å². The van der Waals surface area contributed by atoms with Gasteiger partial charge >= 0.3 is 0 Å². The first-order valence-electron chi connectivity index (χ1n) is 10.9. The smallest absolute Gasteiger partial charge is 0.191 e. The maximum atomic E-state index is 5.56. The van der Waals surface area contributed by atoms with E-state index in [1.165, 1.54) is 12.8 Å². The van der Waals surface area contributed by atoms with Crippen molar-refractivity contribution in [3.05, 3.63) is 0 Å². The molecule has 2 aliphatic heterocycles. The highest BCUT2D eigenvalue weighted by Crippen LogP contribution is 2.20. The Labute approximate surface area is 189 Å². The van der Waals surface area contributed by atoms with Crippen molar-refractivity contribution in [2.45, 2.75) is 39.7 Å². The number of hydrogen-bond donors (Lipinski definition) is 2. The predicted octanol–water partition coefficient (Wildman–Crippen LogP) is 1.63. The third-order valence-corrected chi connectivity index (χ3v) is 5.71. The van der Waals surface area contributed by atoms with Crippen LogP contribution in [0.5, 0.6) is 0 Å². The quantitative estimate of drug-likeness (QED) is 0.264. The average Bonchev–Trinajstić information content (AvgIpc) is 2.72. The summed E-state index contributed by atoms with van der Waals surface area (Å²) in [5, 5.41) is 6.92. The molecule has 2 saturated heterocycles. The first-order valence-corrected chi connectivity index (χ1v) is 10.9. The lowest BCUT2D eigenvalue weighted by atomic mass is 9.92. The number of rotatable bonds is 10. The minimum Gasteiger partial charge on any atom is -0.379 e. The van der Waals surface area contributed by atoms with Crippen LogP contribution in [0.2, 0.25) is 0 Å². The molecule has 0 amide bonds. The second-order valence-corrected chi connectivity index (χ2v) is 7.39. The van der Waals surface area contributed by atoms with Gasteiger partial charge in [0, 0.05) is 51.9 Å². The largest absolute Gasteiger partial charge is 0.379 e. The van der Waals surface area contributed by atoms with Gasteiger partial charge in [0.25, 0.3) is 0 Å². The zero-order valence-electron chi connectivity index (χ0n) is 18.1. The summed E-state index contributed by atoms with van der Waals surface area (Å²) in [6.07, 6.45) is 2.41. The van der Waals surface area contributed by atoms with E-state index in [9.17, 15) is 0 Å². The zero-order valence-corrected chi connectivity index (χ0v) is 20.5. The second-order valence-electron chi connectivity index (χ2n) is 7.39. The van der Waals surface area contributed by atoms with Gasteiger partial charge in [0.2, 0.25) is 0 Å². The molecule has 0 aromatic carbocycles. The van der Waals surface area contributed by atoms with Crippen molar-refractivity contribution in [1.29, 1.82) is 0 Å². The van der Waals surface area contributed by atoms with Crippen molar-refractivity contribution in [3.8, 4) is 0 Å². The number of nitrogens with one attached hydrogen (secondary N) is 2. The van der Waals surface area contributed by atoms with E-state index in [-0.39, 0.29) is 24.0 Å². The van der Waals surface area contributed by atoms with Crippen molar-refractivity contribution in [2.24, 2.45) is 10.9 Å². The monoisotopic (exact) mass is 511 g/mol. The summed E-state index contributed by atoms with van der Waals surface area (Å²) in [7, 11) is 0. The van der Waals surface area contributed by atoms with Crippen LogP contribution in [0.1, 0.15) is 33.6 Å². The van der Waals surface area contributed by atoms with Crippen molar-refractivity contribution < 1.29 is 9.47 Å². The molecule has 0 aliphatic carbocycles. The SMILES string of the molecule is CCNC(=NCC(C(CC)CC)N1CCOCC1)NCCN1CCOCC1.I. The number of nitrogens with zero attached hydrogens (tertiary/aromatic N) is 3. The summed E-state index contributed by atoms with van der Waals surface area (Å²) in [6, 6.07) is 0.499. The molecule has 0 radical (unpaired) electrons. The topological polar surface area (TPSA) is 61.4 Å². The van der Waals surface area contributed by atoms with Gasteiger partial charge in [-0.25, -0.2) is 0 Å². The van der Waals surface area contributed by atoms with Gasteiger partial charge in [-0.15, -0.1) is 24.0 Å². The van der Waals surface area contributed by atoms with Gasteiger partial charge in [-0.1, -0.05) is 26.7 Å². The van der Waals surface area contributed by atoms with Gasteiger partial charge in [0.1, 0.15) is 0 Å². The summed E-state index contributed by atoms with van der Waals surface area (Å²) in [5.41, 5.74) is 0. The van der Waals surface area contributed by atoms with E-state index in [1.54, 1.807) is 0 Å². The number of aliphatic imine (C=N–C) groups is 1. The van der Waals surface area contributed by atoms with Crippen molar-refractivity contribution in [2.75, 3.05) is 78.8 Å². The Kier molecular flexibility index (Phi) is 14.5. The molecule has 1 unspecified atom stereocenters. The minimum atomic E-state index is 0. The Morgan fingerprint density at radius 2 is 1.54 bits per heavy atom. The molecule has 0 bridgehead atoms. The molecular weight excluding hydrogens is 469 g/mol. The number of halogens is 1. The lowest BCUT2D eigenvalue weighted by molar-refractivity contribution is 0.00395. The summed E-state index contributed by atoms with van der Waals surface area (Å²) >= 11 is 0. The number of hydrogen-bond acceptors (Lipinski definition) is 5. The summed E-state index contributed by atoms with van der Waals surface area (Å²) in [6.45, 7) is 17.9. The van der Waals surface area contributed by atoms with Gasteiger partial charge in [0.15, 0.2) is 5.96 Å². The highest BCUT2D eigenvalue weighted by atomic mass is 127. The first-order chi connectivity index (χ1) is 13.3. The van der Waals surface area contributed by atoms with Crippen molar-refractivity contribution in [1.82, 2.24) is 20.4 Å². The van der Waals surface area contributed by atoms with Crippen LogP contribution in [-0.2, 0) is 9.47 Å². The highest BCUT2D eigenvalue weighted by molar-refractivity contribution is 14.0. The second kappa shape index (κ2) is 15.6. The predicted molar refractivity (Wildman–Crippen MR) is 127 cm³/mol. The molecule has 0 aromatic heterocycles. The fourth-order valence-electron chi connectivity index (χ4n) is 3.99. The van der Waals surface area contributed by atoms with Crippen molar-refractivity contribution >= 4 is 29.9 Å². The molecule has 2 fully saturated rings. The maximum Gasteiger partial charge on any atom is 0.191 e. The van der Waals surface area contributed by atoms with E-state index in [2.05, 4.69) is 41.2 Å². The van der Waals surface area contributed by atoms with Crippen LogP contribution in [0, 0.1) is 5.92 Å². The van der Waals surface area contributed by atoms with E-state index in [0.717, 1.165) is 84.7 Å². The van der Waals surface area contributed by atoms with Gasteiger partial charge in [0.05, 0.1) is 33.0 Å². The van der Waals surface area contributed by atoms with Crippen LogP contribution in [-0.4, -0.2) is 101 Å². The molecule has 0 saturated carbocycles. The normalized spacial score (nSPS) is 20.6. The maximum absolute atomic E-state index is 5.56. The first kappa shape index (κ1) is 25.9. The molecule has 1 atom stereocenters. The third kappa shape index (κ3) is 9.11. The molecule has 166 valence electrons. The van der Waals surface area contributed by atoms with Crippen LogP contribution in [0.3, 0.4) is 0 Å². The Morgan fingerprint density at radius 3 is 2.11 bits per heavy atom. The fourth-order valence-corrected chi connectivity index (χ4v) is 3.99. The summed E-state index contributed by atoms with van der Waals surface area (Å²) in [5.74, 6) is 1.62. The lowest BCUT2D eigenvalue weighted by Crippen LogP contribution is -2.49. The van der Waals surface area contributed by atoms with E-state index in [1.807, 2.05) is 0 Å². The van der Waals surface area contributed by atoms with Gasteiger partial charge < -0.3 is 20.1 Å². The molecule has 28 heavy (non-hydrogen) atoms. The average molecular weight is 511 g/mol. The Balaban J connectivity index is 0.00000392. The fraction of sp³-hybridized carbons (Fsp3) is 0.950. The van der Waals surface area contributed by atoms with E-state index in [0.29, 0.717) is 12.0 Å². The van der Waals surface area contributed by atoms with Crippen molar-refractivity contribution in [3.63, 3.8) is 0 Å². The van der Waals surface area contributed by atoms with E-state index < -0.39 is 0 Å². The molecule has 0 spiro atoms. The van der Waals surface area contributed by atoms with Crippen LogP contribution < -0.4 is 10.6 Å². The number of morpholine rings is 2. The number of guanidine groups is 1. The highest BCUT2D eigenvalue weighted by Gasteiger charge is 2.26. The Morgan fingerprint density at radius 1 is 0.929 bits per heavy atom. The van der Waals surface area contributed by atoms with E-state index >= 15 is 0 Å². The number of ether oxygens (including phenoxy) is 2. The molecule has 7 nitrogen and oxygen atoms in total. The third-order valence-electron chi connectivity index (χ3n) is 5.71. The van der Waals surface area contributed by atoms with Crippen LogP contribution in [0.25, 0.3) is 0 Å². The van der Waals surface area contributed by atoms with Crippen LogP contribution in [0.4, 0.5) is 0 Å². The molecular formula is C20H42IN5O2.